The van der Waals surface area contributed by atoms with Crippen molar-refractivity contribution in [3.63, 3.8) is 0 Å². The van der Waals surface area contributed by atoms with Crippen LogP contribution in [0.15, 0.2) is 18.3 Å². The summed E-state index contributed by atoms with van der Waals surface area (Å²) >= 11 is 1.65. The number of nitrogens with two attached hydrogens (primary N) is 1. The van der Waals surface area contributed by atoms with Crippen molar-refractivity contribution >= 4 is 27.4 Å². The van der Waals surface area contributed by atoms with Crippen LogP contribution in [0.2, 0.25) is 0 Å². The van der Waals surface area contributed by atoms with Crippen molar-refractivity contribution in [1.29, 1.82) is 5.41 Å². The van der Waals surface area contributed by atoms with E-state index in [9.17, 15) is 8.42 Å². The van der Waals surface area contributed by atoms with Crippen LogP contribution < -0.4 is 5.73 Å². The summed E-state index contributed by atoms with van der Waals surface area (Å²) in [6.07, 6.45) is 2.85. The Morgan fingerprint density at radius 1 is 1.65 bits per heavy atom. The molecule has 1 fully saturated rings. The zero-order chi connectivity index (χ0) is 14.8. The van der Waals surface area contributed by atoms with E-state index in [1.807, 2.05) is 11.0 Å². The number of thioether (sulfide) groups is 1. The zero-order valence-corrected chi connectivity index (χ0v) is 12.9. The minimum Gasteiger partial charge on any atom is -0.382 e. The summed E-state index contributed by atoms with van der Waals surface area (Å²) in [6.45, 7) is 1.15. The maximum Gasteiger partial charge on any atom is 0.164 e. The monoisotopic (exact) mass is 314 g/mol. The molecule has 2 heterocycles. The van der Waals surface area contributed by atoms with Gasteiger partial charge < -0.3 is 5.73 Å². The minimum atomic E-state index is -3.13. The first kappa shape index (κ1) is 15.3. The van der Waals surface area contributed by atoms with Crippen molar-refractivity contribution in [2.45, 2.75) is 11.9 Å². The average Bonchev–Trinajstić information content (AvgIpc) is 2.38. The molecule has 1 unspecified atom stereocenters. The molecule has 0 bridgehead atoms. The number of aromatic nitrogens is 1. The Balaban J connectivity index is 2.26. The summed E-state index contributed by atoms with van der Waals surface area (Å²) in [5.41, 5.74) is 6.74. The van der Waals surface area contributed by atoms with E-state index >= 15 is 0 Å². The maximum absolute atomic E-state index is 11.9. The van der Waals surface area contributed by atoms with E-state index in [2.05, 4.69) is 4.98 Å². The van der Waals surface area contributed by atoms with Crippen LogP contribution in [0.3, 0.4) is 0 Å². The van der Waals surface area contributed by atoms with Gasteiger partial charge in [0.1, 0.15) is 16.9 Å². The van der Waals surface area contributed by atoms with E-state index in [1.54, 1.807) is 24.0 Å². The second-order valence-corrected chi connectivity index (χ2v) is 8.11. The lowest BCUT2D eigenvalue weighted by Gasteiger charge is -2.34. The number of pyridine rings is 1. The largest absolute Gasteiger partial charge is 0.382 e. The van der Waals surface area contributed by atoms with Crippen LogP contribution in [0.4, 0.5) is 0 Å². The Hall–Kier alpha value is -1.12. The first-order valence-electron chi connectivity index (χ1n) is 6.18. The summed E-state index contributed by atoms with van der Waals surface area (Å²) in [5, 5.41) is 7.06. The standard InChI is InChI=1S/C12H18N4O2S2/c1-20(17,18)10-8-19-6-5-16(10)7-9-3-2-4-15-11(9)12(13)14/h2-4,10H,5-8H2,1H3,(H3,13,14). The van der Waals surface area contributed by atoms with Crippen molar-refractivity contribution in [3.8, 4) is 0 Å². The highest BCUT2D eigenvalue weighted by atomic mass is 32.2. The van der Waals surface area contributed by atoms with Gasteiger partial charge in [0.2, 0.25) is 0 Å². The molecule has 20 heavy (non-hydrogen) atoms. The van der Waals surface area contributed by atoms with Crippen LogP contribution in [0.5, 0.6) is 0 Å². The van der Waals surface area contributed by atoms with Crippen LogP contribution in [0.1, 0.15) is 11.3 Å². The van der Waals surface area contributed by atoms with E-state index < -0.39 is 15.2 Å². The van der Waals surface area contributed by atoms with Crippen molar-refractivity contribution < 1.29 is 8.42 Å². The number of amidine groups is 1. The van der Waals surface area contributed by atoms with Crippen LogP contribution in [-0.2, 0) is 16.4 Å². The molecule has 0 radical (unpaired) electrons. The van der Waals surface area contributed by atoms with Crippen LogP contribution in [0.25, 0.3) is 0 Å². The van der Waals surface area contributed by atoms with Crippen molar-refractivity contribution in [1.82, 2.24) is 9.88 Å². The van der Waals surface area contributed by atoms with E-state index in [4.69, 9.17) is 11.1 Å². The molecular weight excluding hydrogens is 296 g/mol. The summed E-state index contributed by atoms with van der Waals surface area (Å²) in [5.74, 6) is 1.39. The second-order valence-electron chi connectivity index (χ2n) is 4.75. The Bertz CT molecular complexity index is 603. The average molecular weight is 314 g/mol. The third kappa shape index (κ3) is 3.50. The van der Waals surface area contributed by atoms with Gasteiger partial charge >= 0.3 is 0 Å². The molecule has 1 aromatic heterocycles. The maximum atomic E-state index is 11.9. The first-order valence-corrected chi connectivity index (χ1v) is 9.29. The fourth-order valence-corrected chi connectivity index (χ4v) is 5.16. The van der Waals surface area contributed by atoms with Gasteiger partial charge in [-0.05, 0) is 11.6 Å². The molecule has 1 aromatic rings. The van der Waals surface area contributed by atoms with Gasteiger partial charge in [-0.2, -0.15) is 11.8 Å². The summed E-state index contributed by atoms with van der Waals surface area (Å²) < 4.78 is 23.7. The molecule has 0 aromatic carbocycles. The molecule has 110 valence electrons. The van der Waals surface area contributed by atoms with Gasteiger partial charge in [-0.1, -0.05) is 6.07 Å². The predicted molar refractivity (Wildman–Crippen MR) is 81.6 cm³/mol. The van der Waals surface area contributed by atoms with Gasteiger partial charge in [-0.25, -0.2) is 8.42 Å². The Morgan fingerprint density at radius 2 is 2.40 bits per heavy atom. The van der Waals surface area contributed by atoms with Crippen molar-refractivity contribution in [3.05, 3.63) is 29.6 Å². The van der Waals surface area contributed by atoms with Gasteiger partial charge in [-0.3, -0.25) is 15.3 Å². The van der Waals surface area contributed by atoms with Crippen molar-refractivity contribution in [2.24, 2.45) is 5.73 Å². The molecule has 1 atom stereocenters. The smallest absolute Gasteiger partial charge is 0.164 e. The fourth-order valence-electron chi connectivity index (χ4n) is 2.22. The molecule has 0 aliphatic carbocycles. The normalized spacial score (nSPS) is 20.8. The first-order chi connectivity index (χ1) is 9.39. The number of hydrogen-bond donors (Lipinski definition) is 2. The zero-order valence-electron chi connectivity index (χ0n) is 11.2. The van der Waals surface area contributed by atoms with E-state index in [0.717, 1.165) is 11.3 Å². The van der Waals surface area contributed by atoms with Gasteiger partial charge in [0.25, 0.3) is 0 Å². The number of nitrogens with one attached hydrogen (secondary N) is 1. The molecule has 3 N–H and O–H groups in total. The molecule has 8 heteroatoms. The molecule has 0 spiro atoms. The van der Waals surface area contributed by atoms with E-state index in [-0.39, 0.29) is 5.84 Å². The number of nitrogens with zero attached hydrogens (tertiary/aromatic N) is 2. The minimum absolute atomic E-state index is 0.0945. The number of nitrogen functional groups attached to an aromatic ring is 1. The molecular formula is C12H18N4O2S2. The van der Waals surface area contributed by atoms with E-state index in [0.29, 0.717) is 24.5 Å². The number of hydrogen-bond acceptors (Lipinski definition) is 6. The Kier molecular flexibility index (Phi) is 4.66. The molecule has 1 aliphatic heterocycles. The molecule has 6 nitrogen and oxygen atoms in total. The van der Waals surface area contributed by atoms with Crippen LogP contribution >= 0.6 is 11.8 Å². The lowest BCUT2D eigenvalue weighted by molar-refractivity contribution is 0.262. The summed E-state index contributed by atoms with van der Waals surface area (Å²) in [6, 6.07) is 3.61. The molecule has 0 amide bonds. The lowest BCUT2D eigenvalue weighted by atomic mass is 10.1. The molecule has 1 saturated heterocycles. The molecule has 0 saturated carbocycles. The van der Waals surface area contributed by atoms with Crippen LogP contribution in [0, 0.1) is 5.41 Å². The summed E-state index contributed by atoms with van der Waals surface area (Å²) in [7, 11) is -3.13. The third-order valence-corrected chi connectivity index (χ3v) is 5.89. The van der Waals surface area contributed by atoms with Gasteiger partial charge in [0, 0.05) is 37.0 Å². The second kappa shape index (κ2) is 6.11. The van der Waals surface area contributed by atoms with Crippen molar-refractivity contribution in [2.75, 3.05) is 24.3 Å². The van der Waals surface area contributed by atoms with Gasteiger partial charge in [0.05, 0.1) is 0 Å². The topological polar surface area (TPSA) is 100 Å². The third-order valence-electron chi connectivity index (χ3n) is 3.20. The van der Waals surface area contributed by atoms with Crippen LogP contribution in [-0.4, -0.2) is 53.8 Å². The Labute approximate surface area is 123 Å². The van der Waals surface area contributed by atoms with E-state index in [1.165, 1.54) is 6.26 Å². The highest BCUT2D eigenvalue weighted by molar-refractivity contribution is 8.00. The van der Waals surface area contributed by atoms with Gasteiger partial charge in [0.15, 0.2) is 9.84 Å². The van der Waals surface area contributed by atoms with Gasteiger partial charge in [-0.15, -0.1) is 0 Å². The predicted octanol–water partition coefficient (Wildman–Crippen LogP) is 0.285. The number of sulfone groups is 1. The highest BCUT2D eigenvalue weighted by Crippen LogP contribution is 2.22. The highest BCUT2D eigenvalue weighted by Gasteiger charge is 2.31. The Morgan fingerprint density at radius 3 is 3.05 bits per heavy atom. The SMILES string of the molecule is CS(=O)(=O)C1CSCCN1Cc1cccnc1C(=N)N. The number of rotatable bonds is 4. The molecule has 2 rings (SSSR count). The fraction of sp³-hybridized carbons (Fsp3) is 0.500. The quantitative estimate of drug-likeness (QED) is 0.612. The lowest BCUT2D eigenvalue weighted by Crippen LogP contribution is -2.46. The molecule has 1 aliphatic rings. The summed E-state index contributed by atoms with van der Waals surface area (Å²) in [4.78, 5) is 6.03.